The molecule has 0 radical (unpaired) electrons. The van der Waals surface area contributed by atoms with E-state index in [1.807, 2.05) is 18.4 Å². The van der Waals surface area contributed by atoms with Crippen LogP contribution in [0, 0.1) is 5.82 Å². The van der Waals surface area contributed by atoms with Gasteiger partial charge in [0, 0.05) is 10.5 Å². The molecule has 20 heavy (non-hydrogen) atoms. The van der Waals surface area contributed by atoms with Crippen molar-refractivity contribution in [2.24, 2.45) is 0 Å². The van der Waals surface area contributed by atoms with Crippen LogP contribution in [0.2, 0.25) is 5.02 Å². The quantitative estimate of drug-likeness (QED) is 0.602. The van der Waals surface area contributed by atoms with Crippen LogP contribution < -0.4 is 4.74 Å². The lowest BCUT2D eigenvalue weighted by Crippen LogP contribution is -2.12. The number of carbonyl (C=O) groups is 1. The minimum Gasteiger partial charge on any atom is -0.482 e. The van der Waals surface area contributed by atoms with E-state index in [4.69, 9.17) is 16.3 Å². The van der Waals surface area contributed by atoms with Crippen molar-refractivity contribution in [2.45, 2.75) is 4.90 Å². The van der Waals surface area contributed by atoms with E-state index in [-0.39, 0.29) is 23.2 Å². The summed E-state index contributed by atoms with van der Waals surface area (Å²) in [6.07, 6.45) is 1.96. The molecule has 0 aliphatic rings. The van der Waals surface area contributed by atoms with E-state index < -0.39 is 5.82 Å². The zero-order valence-electron chi connectivity index (χ0n) is 10.7. The fourth-order valence-electron chi connectivity index (χ4n) is 1.60. The van der Waals surface area contributed by atoms with Crippen molar-refractivity contribution in [2.75, 3.05) is 12.9 Å². The molecular formula is C15H12ClFO2S. The number of Topliss-reactive ketones (excluding diaryl/α,β-unsaturated/α-hetero) is 1. The molecule has 5 heteroatoms. The van der Waals surface area contributed by atoms with Crippen molar-refractivity contribution in [1.82, 2.24) is 0 Å². The summed E-state index contributed by atoms with van der Waals surface area (Å²) in [4.78, 5) is 13.0. The molecule has 0 amide bonds. The number of hydrogen-bond acceptors (Lipinski definition) is 3. The van der Waals surface area contributed by atoms with Crippen LogP contribution in [0.5, 0.6) is 5.75 Å². The molecule has 104 valence electrons. The lowest BCUT2D eigenvalue weighted by molar-refractivity contribution is 0.0918. The highest BCUT2D eigenvalue weighted by Crippen LogP contribution is 2.24. The fraction of sp³-hybridized carbons (Fsp3) is 0.133. The second-order valence-corrected chi connectivity index (χ2v) is 5.28. The Labute approximate surface area is 125 Å². The molecule has 0 saturated carbocycles. The van der Waals surface area contributed by atoms with Crippen LogP contribution in [0.15, 0.2) is 47.4 Å². The van der Waals surface area contributed by atoms with Gasteiger partial charge in [-0.1, -0.05) is 29.8 Å². The van der Waals surface area contributed by atoms with Gasteiger partial charge in [0.25, 0.3) is 0 Å². The normalized spacial score (nSPS) is 10.3. The smallest absolute Gasteiger partial charge is 0.200 e. The molecule has 0 aliphatic carbocycles. The molecule has 0 spiro atoms. The van der Waals surface area contributed by atoms with Gasteiger partial charge in [0.05, 0.1) is 5.02 Å². The zero-order valence-corrected chi connectivity index (χ0v) is 12.3. The van der Waals surface area contributed by atoms with Gasteiger partial charge in [-0.15, -0.1) is 11.8 Å². The monoisotopic (exact) mass is 310 g/mol. The van der Waals surface area contributed by atoms with Gasteiger partial charge < -0.3 is 4.74 Å². The maximum Gasteiger partial charge on any atom is 0.200 e. The van der Waals surface area contributed by atoms with E-state index in [0.717, 1.165) is 4.90 Å². The van der Waals surface area contributed by atoms with Crippen molar-refractivity contribution >= 4 is 29.1 Å². The fourth-order valence-corrected chi connectivity index (χ4v) is 2.17. The van der Waals surface area contributed by atoms with E-state index in [0.29, 0.717) is 5.56 Å². The molecule has 0 saturated heterocycles. The van der Waals surface area contributed by atoms with E-state index in [1.54, 1.807) is 30.0 Å². The maximum absolute atomic E-state index is 13.6. The van der Waals surface area contributed by atoms with Crippen LogP contribution in [0.4, 0.5) is 4.39 Å². The lowest BCUT2D eigenvalue weighted by atomic mass is 10.1. The minimum absolute atomic E-state index is 0.0217. The number of ketones is 1. The first-order valence-electron chi connectivity index (χ1n) is 5.86. The summed E-state index contributed by atoms with van der Waals surface area (Å²) >= 11 is 7.23. The molecule has 0 atom stereocenters. The number of hydrogen-bond donors (Lipinski definition) is 0. The molecule has 0 unspecified atom stereocenters. The maximum atomic E-state index is 13.6. The summed E-state index contributed by atoms with van der Waals surface area (Å²) in [5.74, 6) is -0.886. The van der Waals surface area contributed by atoms with Gasteiger partial charge in [-0.25, -0.2) is 4.39 Å². The van der Waals surface area contributed by atoms with Crippen molar-refractivity contribution < 1.29 is 13.9 Å². The van der Waals surface area contributed by atoms with Crippen LogP contribution in [0.3, 0.4) is 0 Å². The van der Waals surface area contributed by atoms with E-state index >= 15 is 0 Å². The summed E-state index contributed by atoms with van der Waals surface area (Å²) in [7, 11) is 0. The second-order valence-electron chi connectivity index (χ2n) is 3.99. The number of ether oxygens (including phenoxy) is 1. The van der Waals surface area contributed by atoms with E-state index in [1.165, 1.54) is 12.1 Å². The number of benzene rings is 2. The Balaban J connectivity index is 2.02. The molecule has 0 aliphatic heterocycles. The zero-order chi connectivity index (χ0) is 14.5. The van der Waals surface area contributed by atoms with Crippen LogP contribution in [0.1, 0.15) is 10.4 Å². The highest BCUT2D eigenvalue weighted by molar-refractivity contribution is 7.98. The summed E-state index contributed by atoms with van der Waals surface area (Å²) in [6.45, 7) is -0.226. The minimum atomic E-state index is -0.653. The summed E-state index contributed by atoms with van der Waals surface area (Å²) < 4.78 is 18.8. The third-order valence-electron chi connectivity index (χ3n) is 2.69. The van der Waals surface area contributed by atoms with Crippen LogP contribution in [0.25, 0.3) is 0 Å². The number of carbonyl (C=O) groups excluding carboxylic acids is 1. The Morgan fingerprint density at radius 2 is 1.95 bits per heavy atom. The van der Waals surface area contributed by atoms with Crippen LogP contribution in [-0.4, -0.2) is 18.6 Å². The molecule has 0 aromatic heterocycles. The Morgan fingerprint density at radius 1 is 1.25 bits per heavy atom. The Hall–Kier alpha value is -1.52. The van der Waals surface area contributed by atoms with Gasteiger partial charge in [0.2, 0.25) is 0 Å². The first-order chi connectivity index (χ1) is 9.61. The molecule has 2 aromatic carbocycles. The molecule has 2 nitrogen and oxygen atoms in total. The summed E-state index contributed by atoms with van der Waals surface area (Å²) in [5.41, 5.74) is 0.533. The summed E-state index contributed by atoms with van der Waals surface area (Å²) in [5, 5.41) is -0.0285. The number of rotatable bonds is 5. The Morgan fingerprint density at radius 3 is 2.60 bits per heavy atom. The van der Waals surface area contributed by atoms with Crippen molar-refractivity contribution in [3.05, 3.63) is 58.9 Å². The number of halogens is 2. The Bertz CT molecular complexity index is 614. The van der Waals surface area contributed by atoms with Crippen molar-refractivity contribution in [3.63, 3.8) is 0 Å². The second kappa shape index (κ2) is 6.77. The molecule has 2 rings (SSSR count). The molecule has 0 bridgehead atoms. The first kappa shape index (κ1) is 14.9. The van der Waals surface area contributed by atoms with Crippen molar-refractivity contribution in [1.29, 1.82) is 0 Å². The Kier molecular flexibility index (Phi) is 5.04. The topological polar surface area (TPSA) is 26.3 Å². The lowest BCUT2D eigenvalue weighted by Gasteiger charge is -2.07. The highest BCUT2D eigenvalue weighted by Gasteiger charge is 2.11. The van der Waals surface area contributed by atoms with Crippen molar-refractivity contribution in [3.8, 4) is 5.75 Å². The van der Waals surface area contributed by atoms with Gasteiger partial charge in [0.1, 0.15) is 0 Å². The van der Waals surface area contributed by atoms with E-state index in [9.17, 15) is 9.18 Å². The SMILES string of the molecule is CSc1ccc(C(=O)COc2cccc(Cl)c2F)cc1. The average Bonchev–Trinajstić information content (AvgIpc) is 2.48. The largest absolute Gasteiger partial charge is 0.482 e. The molecule has 2 aromatic rings. The predicted octanol–water partition coefficient (Wildman–Crippen LogP) is 4.46. The number of thioether (sulfide) groups is 1. The first-order valence-corrected chi connectivity index (χ1v) is 7.46. The van der Waals surface area contributed by atoms with Gasteiger partial charge in [-0.05, 0) is 30.5 Å². The standard InChI is InChI=1S/C15H12ClFO2S/c1-20-11-7-5-10(6-8-11)13(18)9-19-14-4-2-3-12(16)15(14)17/h2-8H,9H2,1H3. The van der Waals surface area contributed by atoms with E-state index in [2.05, 4.69) is 0 Å². The van der Waals surface area contributed by atoms with Crippen LogP contribution >= 0.6 is 23.4 Å². The average molecular weight is 311 g/mol. The molecule has 0 N–H and O–H groups in total. The van der Waals surface area contributed by atoms with Gasteiger partial charge in [0.15, 0.2) is 24.0 Å². The molecule has 0 fully saturated rings. The highest BCUT2D eigenvalue weighted by atomic mass is 35.5. The van der Waals surface area contributed by atoms with Gasteiger partial charge >= 0.3 is 0 Å². The predicted molar refractivity (Wildman–Crippen MR) is 79.5 cm³/mol. The molecule has 0 heterocycles. The van der Waals surface area contributed by atoms with Crippen LogP contribution in [-0.2, 0) is 0 Å². The third-order valence-corrected chi connectivity index (χ3v) is 3.72. The third kappa shape index (κ3) is 3.52. The van der Waals surface area contributed by atoms with Gasteiger partial charge in [-0.3, -0.25) is 4.79 Å². The molecular weight excluding hydrogens is 299 g/mol. The van der Waals surface area contributed by atoms with Gasteiger partial charge in [-0.2, -0.15) is 0 Å². The summed E-state index contributed by atoms with van der Waals surface area (Å²) in [6, 6.07) is 11.6.